The van der Waals surface area contributed by atoms with Gasteiger partial charge in [0, 0.05) is 6.20 Å². The molecule has 0 unspecified atom stereocenters. The van der Waals surface area contributed by atoms with Crippen molar-refractivity contribution < 1.29 is 19.4 Å². The van der Waals surface area contributed by atoms with E-state index in [-0.39, 0.29) is 17.2 Å². The number of carboxylic acid groups (broad SMARTS) is 1. The summed E-state index contributed by atoms with van der Waals surface area (Å²) in [6, 6.07) is 9.89. The molecule has 0 fully saturated rings. The highest BCUT2D eigenvalue weighted by atomic mass is 16.5. The van der Waals surface area contributed by atoms with Crippen LogP contribution in [0.4, 0.5) is 0 Å². The van der Waals surface area contributed by atoms with Crippen molar-refractivity contribution in [2.24, 2.45) is 0 Å². The van der Waals surface area contributed by atoms with Crippen molar-refractivity contribution in [2.45, 2.75) is 13.3 Å². The lowest BCUT2D eigenvalue weighted by Crippen LogP contribution is -2.02. The normalized spacial score (nSPS) is 10.1. The number of para-hydroxylation sites is 1. The number of carboxylic acids is 1. The van der Waals surface area contributed by atoms with Crippen LogP contribution in [0.15, 0.2) is 42.6 Å². The Bertz CT molecular complexity index is 598. The van der Waals surface area contributed by atoms with Gasteiger partial charge in [-0.2, -0.15) is 0 Å². The summed E-state index contributed by atoms with van der Waals surface area (Å²) in [6.45, 7) is 2.54. The van der Waals surface area contributed by atoms with Gasteiger partial charge in [-0.15, -0.1) is 0 Å². The average molecular weight is 273 g/mol. The Balaban J connectivity index is 2.28. The predicted molar refractivity (Wildman–Crippen MR) is 73.5 cm³/mol. The number of nitrogens with zero attached hydrogens (tertiary/aromatic N) is 1. The highest BCUT2D eigenvalue weighted by Gasteiger charge is 2.14. The lowest BCUT2D eigenvalue weighted by atomic mass is 10.2. The number of aromatic carboxylic acids is 1. The summed E-state index contributed by atoms with van der Waals surface area (Å²) in [4.78, 5) is 15.2. The number of aromatic nitrogens is 1. The van der Waals surface area contributed by atoms with Crippen molar-refractivity contribution in [2.75, 3.05) is 6.61 Å². The zero-order chi connectivity index (χ0) is 14.4. The Labute approximate surface area is 116 Å². The highest BCUT2D eigenvalue weighted by Crippen LogP contribution is 2.30. The molecule has 5 heteroatoms. The van der Waals surface area contributed by atoms with Gasteiger partial charge >= 0.3 is 5.97 Å². The molecule has 0 aliphatic carbocycles. The number of hydrogen-bond acceptors (Lipinski definition) is 4. The highest BCUT2D eigenvalue weighted by molar-refractivity contribution is 5.90. The summed E-state index contributed by atoms with van der Waals surface area (Å²) < 4.78 is 11.1. The molecule has 0 aliphatic heterocycles. The Hall–Kier alpha value is -2.56. The molecule has 0 saturated carbocycles. The molecule has 0 saturated heterocycles. The second-order valence-electron chi connectivity index (χ2n) is 4.06. The first-order chi connectivity index (χ1) is 9.72. The van der Waals surface area contributed by atoms with Gasteiger partial charge in [-0.05, 0) is 30.7 Å². The maximum atomic E-state index is 11.1. The van der Waals surface area contributed by atoms with E-state index in [1.54, 1.807) is 36.5 Å². The van der Waals surface area contributed by atoms with Crippen LogP contribution in [0.3, 0.4) is 0 Å². The van der Waals surface area contributed by atoms with Crippen LogP contribution in [-0.2, 0) is 0 Å². The Kier molecular flexibility index (Phi) is 4.55. The summed E-state index contributed by atoms with van der Waals surface area (Å²) >= 11 is 0. The third-order valence-corrected chi connectivity index (χ3v) is 2.52. The predicted octanol–water partition coefficient (Wildman–Crippen LogP) is 3.36. The van der Waals surface area contributed by atoms with Crippen molar-refractivity contribution in [3.8, 4) is 17.4 Å². The van der Waals surface area contributed by atoms with E-state index < -0.39 is 5.97 Å². The van der Waals surface area contributed by atoms with Gasteiger partial charge < -0.3 is 14.6 Å². The summed E-state index contributed by atoms with van der Waals surface area (Å²) in [7, 11) is 0. The van der Waals surface area contributed by atoms with Crippen LogP contribution >= 0.6 is 0 Å². The smallest absolute Gasteiger partial charge is 0.339 e. The molecule has 2 aromatic rings. The molecule has 0 radical (unpaired) electrons. The largest absolute Gasteiger partial charge is 0.488 e. The third-order valence-electron chi connectivity index (χ3n) is 2.52. The van der Waals surface area contributed by atoms with E-state index in [1.165, 1.54) is 6.07 Å². The number of pyridine rings is 1. The molecular weight excluding hydrogens is 258 g/mol. The molecule has 1 aromatic heterocycles. The lowest BCUT2D eigenvalue weighted by Gasteiger charge is -2.11. The lowest BCUT2D eigenvalue weighted by molar-refractivity contribution is 0.0694. The van der Waals surface area contributed by atoms with E-state index in [9.17, 15) is 4.79 Å². The van der Waals surface area contributed by atoms with E-state index in [2.05, 4.69) is 4.98 Å². The molecular formula is C15H15NO4. The van der Waals surface area contributed by atoms with E-state index in [0.29, 0.717) is 12.4 Å². The molecule has 2 rings (SSSR count). The van der Waals surface area contributed by atoms with E-state index in [4.69, 9.17) is 14.6 Å². The number of carbonyl (C=O) groups is 1. The first-order valence-corrected chi connectivity index (χ1v) is 6.30. The van der Waals surface area contributed by atoms with Gasteiger partial charge in [-0.1, -0.05) is 19.1 Å². The fourth-order valence-corrected chi connectivity index (χ4v) is 1.61. The summed E-state index contributed by atoms with van der Waals surface area (Å²) in [6.07, 6.45) is 2.43. The number of hydrogen-bond donors (Lipinski definition) is 1. The number of benzene rings is 1. The van der Waals surface area contributed by atoms with Gasteiger partial charge in [0.25, 0.3) is 5.88 Å². The molecule has 0 aliphatic rings. The Morgan fingerprint density at radius 1 is 1.20 bits per heavy atom. The molecule has 1 heterocycles. The third kappa shape index (κ3) is 3.26. The number of rotatable bonds is 6. The van der Waals surface area contributed by atoms with Gasteiger partial charge in [0.2, 0.25) is 0 Å². The van der Waals surface area contributed by atoms with Crippen molar-refractivity contribution in [1.82, 2.24) is 4.98 Å². The summed E-state index contributed by atoms with van der Waals surface area (Å²) in [5.74, 6) is -0.0585. The monoisotopic (exact) mass is 273 g/mol. The quantitative estimate of drug-likeness (QED) is 0.874. The van der Waals surface area contributed by atoms with Gasteiger partial charge in [0.15, 0.2) is 5.75 Å². The van der Waals surface area contributed by atoms with Crippen LogP contribution < -0.4 is 9.47 Å². The minimum atomic E-state index is -1.05. The molecule has 5 nitrogen and oxygen atoms in total. The van der Waals surface area contributed by atoms with Crippen LogP contribution in [0.2, 0.25) is 0 Å². The average Bonchev–Trinajstić information content (AvgIpc) is 2.47. The standard InChI is InChI=1S/C15H15NO4/c1-2-10-19-13-8-5-9-16-14(13)20-12-7-4-3-6-11(12)15(17)18/h3-9H,2,10H2,1H3,(H,17,18). The van der Waals surface area contributed by atoms with Crippen molar-refractivity contribution in [3.63, 3.8) is 0 Å². The summed E-state index contributed by atoms with van der Waals surface area (Å²) in [5.41, 5.74) is 0.0830. The molecule has 0 bridgehead atoms. The molecule has 0 atom stereocenters. The van der Waals surface area contributed by atoms with Gasteiger partial charge in [-0.3, -0.25) is 0 Å². The molecule has 0 spiro atoms. The zero-order valence-corrected chi connectivity index (χ0v) is 11.1. The van der Waals surface area contributed by atoms with E-state index in [0.717, 1.165) is 6.42 Å². The van der Waals surface area contributed by atoms with Crippen molar-refractivity contribution >= 4 is 5.97 Å². The van der Waals surface area contributed by atoms with Gasteiger partial charge in [0.05, 0.1) is 6.61 Å². The van der Waals surface area contributed by atoms with Crippen molar-refractivity contribution in [1.29, 1.82) is 0 Å². The van der Waals surface area contributed by atoms with Crippen molar-refractivity contribution in [3.05, 3.63) is 48.2 Å². The van der Waals surface area contributed by atoms with Crippen LogP contribution in [0, 0.1) is 0 Å². The minimum Gasteiger partial charge on any atom is -0.488 e. The maximum absolute atomic E-state index is 11.1. The Morgan fingerprint density at radius 3 is 2.70 bits per heavy atom. The van der Waals surface area contributed by atoms with Gasteiger partial charge in [-0.25, -0.2) is 9.78 Å². The molecule has 1 aromatic carbocycles. The minimum absolute atomic E-state index is 0.0830. The SMILES string of the molecule is CCCOc1cccnc1Oc1ccccc1C(=O)O. The zero-order valence-electron chi connectivity index (χ0n) is 11.1. The topological polar surface area (TPSA) is 68.7 Å². The second-order valence-corrected chi connectivity index (χ2v) is 4.06. The molecule has 104 valence electrons. The molecule has 20 heavy (non-hydrogen) atoms. The summed E-state index contributed by atoms with van der Waals surface area (Å²) in [5, 5.41) is 9.12. The molecule has 1 N–H and O–H groups in total. The second kappa shape index (κ2) is 6.56. The Morgan fingerprint density at radius 2 is 1.95 bits per heavy atom. The van der Waals surface area contributed by atoms with Crippen LogP contribution in [-0.4, -0.2) is 22.7 Å². The fraction of sp³-hybridized carbons (Fsp3) is 0.200. The molecule has 0 amide bonds. The van der Waals surface area contributed by atoms with E-state index >= 15 is 0 Å². The first kappa shape index (κ1) is 13.9. The maximum Gasteiger partial charge on any atom is 0.339 e. The number of ether oxygens (including phenoxy) is 2. The van der Waals surface area contributed by atoms with Crippen LogP contribution in [0.1, 0.15) is 23.7 Å². The van der Waals surface area contributed by atoms with E-state index in [1.807, 2.05) is 6.92 Å². The fourth-order valence-electron chi connectivity index (χ4n) is 1.61. The first-order valence-electron chi connectivity index (χ1n) is 6.30. The van der Waals surface area contributed by atoms with Crippen LogP contribution in [0.5, 0.6) is 17.4 Å². The van der Waals surface area contributed by atoms with Gasteiger partial charge in [0.1, 0.15) is 11.3 Å². The van der Waals surface area contributed by atoms with Crippen LogP contribution in [0.25, 0.3) is 0 Å².